The Morgan fingerprint density at radius 2 is 2.44 bits per heavy atom. The van der Waals surface area contributed by atoms with Gasteiger partial charge in [0.25, 0.3) is 0 Å². The lowest BCUT2D eigenvalue weighted by Crippen LogP contribution is -2.05. The molecule has 2 nitrogen and oxygen atoms in total. The van der Waals surface area contributed by atoms with Gasteiger partial charge in [0.1, 0.15) is 0 Å². The van der Waals surface area contributed by atoms with Gasteiger partial charge in [0, 0.05) is 11.0 Å². The average molecular weight is 143 g/mol. The fourth-order valence-electron chi connectivity index (χ4n) is 0.820. The topological polar surface area (TPSA) is 29.4 Å². The van der Waals surface area contributed by atoms with Crippen LogP contribution in [-0.2, 0) is 0 Å². The molecule has 1 amide bonds. The minimum Gasteiger partial charge on any atom is -0.259 e. The molecule has 3 heteroatoms. The number of rotatable bonds is 1. The largest absolute Gasteiger partial charge is 0.305 e. The number of carbonyl (C=O) groups is 1. The first kappa shape index (κ1) is 6.81. The van der Waals surface area contributed by atoms with Crippen LogP contribution >= 0.6 is 11.8 Å². The summed E-state index contributed by atoms with van der Waals surface area (Å²) in [7, 11) is 0. The number of aliphatic imine (C=N–C) groups is 1. The van der Waals surface area contributed by atoms with E-state index in [4.69, 9.17) is 0 Å². The van der Waals surface area contributed by atoms with Gasteiger partial charge in [-0.1, -0.05) is 18.7 Å². The zero-order valence-electron chi connectivity index (χ0n) is 5.55. The third-order valence-electron chi connectivity index (χ3n) is 1.34. The van der Waals surface area contributed by atoms with Gasteiger partial charge in [-0.15, -0.1) is 0 Å². The number of nitrogens with zero attached hydrogens (tertiary/aromatic N) is 1. The van der Waals surface area contributed by atoms with Gasteiger partial charge in [-0.05, 0) is 13.3 Å². The number of thioether (sulfide) groups is 1. The van der Waals surface area contributed by atoms with Crippen LogP contribution in [0.15, 0.2) is 4.99 Å². The molecule has 0 saturated heterocycles. The zero-order valence-corrected chi connectivity index (χ0v) is 6.36. The summed E-state index contributed by atoms with van der Waals surface area (Å²) in [4.78, 5) is 14.4. The molecule has 0 saturated carbocycles. The van der Waals surface area contributed by atoms with Crippen LogP contribution in [0, 0.1) is 0 Å². The van der Waals surface area contributed by atoms with E-state index < -0.39 is 0 Å². The standard InChI is InChI=1S/C6H9NOS/c1-3-5-4(2)9-6(8)7-5/h4H,3H2,1-2H3. The van der Waals surface area contributed by atoms with Crippen molar-refractivity contribution < 1.29 is 4.79 Å². The Bertz CT molecular complexity index is 164. The lowest BCUT2D eigenvalue weighted by atomic mass is 10.2. The fourth-order valence-corrected chi connectivity index (χ4v) is 1.65. The van der Waals surface area contributed by atoms with Crippen LogP contribution in [0.4, 0.5) is 4.79 Å². The molecule has 0 spiro atoms. The maximum Gasteiger partial charge on any atom is 0.305 e. The fraction of sp³-hybridized carbons (Fsp3) is 0.667. The molecule has 0 N–H and O–H groups in total. The number of hydrogen-bond acceptors (Lipinski definition) is 2. The van der Waals surface area contributed by atoms with Crippen molar-refractivity contribution in [1.29, 1.82) is 0 Å². The molecule has 0 aromatic carbocycles. The summed E-state index contributed by atoms with van der Waals surface area (Å²) in [5.41, 5.74) is 1.03. The highest BCUT2D eigenvalue weighted by molar-refractivity contribution is 8.15. The molecule has 50 valence electrons. The third-order valence-corrected chi connectivity index (χ3v) is 2.26. The second-order valence-corrected chi connectivity index (χ2v) is 3.27. The first-order valence-electron chi connectivity index (χ1n) is 3.02. The van der Waals surface area contributed by atoms with Gasteiger partial charge in [-0.2, -0.15) is 0 Å². The van der Waals surface area contributed by atoms with Crippen molar-refractivity contribution in [2.45, 2.75) is 25.5 Å². The maximum atomic E-state index is 10.6. The predicted octanol–water partition coefficient (Wildman–Crippen LogP) is 2.09. The molecule has 0 aromatic rings. The van der Waals surface area contributed by atoms with Crippen molar-refractivity contribution in [2.24, 2.45) is 4.99 Å². The van der Waals surface area contributed by atoms with E-state index in [-0.39, 0.29) is 5.24 Å². The van der Waals surface area contributed by atoms with Crippen molar-refractivity contribution in [2.75, 3.05) is 0 Å². The summed E-state index contributed by atoms with van der Waals surface area (Å²) in [6.45, 7) is 4.03. The van der Waals surface area contributed by atoms with Crippen molar-refractivity contribution >= 4 is 22.7 Å². The molecular formula is C6H9NOS. The van der Waals surface area contributed by atoms with Crippen molar-refractivity contribution in [1.82, 2.24) is 0 Å². The lowest BCUT2D eigenvalue weighted by molar-refractivity contribution is 0.268. The van der Waals surface area contributed by atoms with Crippen molar-refractivity contribution in [3.05, 3.63) is 0 Å². The third kappa shape index (κ3) is 1.33. The van der Waals surface area contributed by atoms with E-state index in [2.05, 4.69) is 4.99 Å². The second-order valence-electron chi connectivity index (χ2n) is 1.98. The molecule has 1 atom stereocenters. The van der Waals surface area contributed by atoms with Crippen LogP contribution in [0.1, 0.15) is 20.3 Å². The zero-order chi connectivity index (χ0) is 6.85. The smallest absolute Gasteiger partial charge is 0.259 e. The summed E-state index contributed by atoms with van der Waals surface area (Å²) < 4.78 is 0. The number of hydrogen-bond donors (Lipinski definition) is 0. The molecule has 1 aliphatic heterocycles. The molecule has 0 aliphatic carbocycles. The highest BCUT2D eigenvalue weighted by atomic mass is 32.2. The van der Waals surface area contributed by atoms with Crippen LogP contribution in [0.2, 0.25) is 0 Å². The van der Waals surface area contributed by atoms with Crippen LogP contribution in [-0.4, -0.2) is 16.2 Å². The van der Waals surface area contributed by atoms with Crippen LogP contribution in [0.3, 0.4) is 0 Å². The van der Waals surface area contributed by atoms with Gasteiger partial charge in [0.15, 0.2) is 0 Å². The van der Waals surface area contributed by atoms with Crippen molar-refractivity contribution in [3.63, 3.8) is 0 Å². The Labute approximate surface area is 58.7 Å². The van der Waals surface area contributed by atoms with E-state index in [1.54, 1.807) is 0 Å². The normalized spacial score (nSPS) is 26.7. The van der Waals surface area contributed by atoms with E-state index in [1.165, 1.54) is 11.8 Å². The molecule has 1 aliphatic rings. The second kappa shape index (κ2) is 2.52. The summed E-state index contributed by atoms with van der Waals surface area (Å²) in [5, 5.41) is 0.293. The lowest BCUT2D eigenvalue weighted by Gasteiger charge is -1.98. The molecule has 1 heterocycles. The van der Waals surface area contributed by atoms with Crippen LogP contribution in [0.5, 0.6) is 0 Å². The summed E-state index contributed by atoms with van der Waals surface area (Å²) >= 11 is 1.31. The first-order valence-corrected chi connectivity index (χ1v) is 3.90. The Kier molecular flexibility index (Phi) is 1.90. The van der Waals surface area contributed by atoms with E-state index in [0.29, 0.717) is 5.25 Å². The first-order chi connectivity index (χ1) is 4.24. The Balaban J connectivity index is 2.68. The highest BCUT2D eigenvalue weighted by Gasteiger charge is 2.21. The Morgan fingerprint density at radius 1 is 1.78 bits per heavy atom. The summed E-state index contributed by atoms with van der Waals surface area (Å²) in [6, 6.07) is 0. The Morgan fingerprint density at radius 3 is 2.67 bits per heavy atom. The summed E-state index contributed by atoms with van der Waals surface area (Å²) in [5.74, 6) is 0. The molecule has 0 fully saturated rings. The van der Waals surface area contributed by atoms with Crippen LogP contribution in [0.25, 0.3) is 0 Å². The van der Waals surface area contributed by atoms with E-state index >= 15 is 0 Å². The molecule has 1 rings (SSSR count). The van der Waals surface area contributed by atoms with E-state index in [9.17, 15) is 4.79 Å². The number of amides is 1. The molecule has 0 bridgehead atoms. The quantitative estimate of drug-likeness (QED) is 0.562. The summed E-state index contributed by atoms with van der Waals surface area (Å²) in [6.07, 6.45) is 0.903. The minimum atomic E-state index is -0.0284. The Hall–Kier alpha value is -0.310. The molecular weight excluding hydrogens is 134 g/mol. The van der Waals surface area contributed by atoms with E-state index in [1.807, 2.05) is 13.8 Å². The molecule has 9 heavy (non-hydrogen) atoms. The molecule has 1 unspecified atom stereocenters. The van der Waals surface area contributed by atoms with Gasteiger partial charge in [0.2, 0.25) is 0 Å². The monoisotopic (exact) mass is 143 g/mol. The van der Waals surface area contributed by atoms with Gasteiger partial charge in [-0.25, -0.2) is 4.99 Å². The van der Waals surface area contributed by atoms with Gasteiger partial charge in [-0.3, -0.25) is 4.79 Å². The maximum absolute atomic E-state index is 10.6. The molecule has 0 radical (unpaired) electrons. The average Bonchev–Trinajstić information content (AvgIpc) is 2.10. The van der Waals surface area contributed by atoms with E-state index in [0.717, 1.165) is 12.1 Å². The predicted molar refractivity (Wildman–Crippen MR) is 40.2 cm³/mol. The number of carbonyl (C=O) groups excluding carboxylic acids is 1. The molecule has 0 aromatic heterocycles. The van der Waals surface area contributed by atoms with Crippen molar-refractivity contribution in [3.8, 4) is 0 Å². The van der Waals surface area contributed by atoms with Crippen LogP contribution < -0.4 is 0 Å². The van der Waals surface area contributed by atoms with Gasteiger partial charge in [0.05, 0.1) is 0 Å². The highest BCUT2D eigenvalue weighted by Crippen LogP contribution is 2.23. The minimum absolute atomic E-state index is 0.0284. The van der Waals surface area contributed by atoms with Gasteiger partial charge < -0.3 is 0 Å². The van der Waals surface area contributed by atoms with Gasteiger partial charge >= 0.3 is 5.24 Å². The SMILES string of the molecule is CCC1=NC(=O)SC1C.